The summed E-state index contributed by atoms with van der Waals surface area (Å²) in [5.41, 5.74) is 3.29. The first-order chi connectivity index (χ1) is 9.88. The van der Waals surface area contributed by atoms with E-state index < -0.39 is 12.2 Å². The lowest BCUT2D eigenvalue weighted by atomic mass is 10.0. The fraction of sp³-hybridized carbons (Fsp3) is 0.429. The van der Waals surface area contributed by atoms with Gasteiger partial charge in [-0.25, -0.2) is 15.0 Å². The Balaban J connectivity index is 2.41. The highest BCUT2D eigenvalue weighted by atomic mass is 16.6. The van der Waals surface area contributed by atoms with Crippen molar-refractivity contribution >= 4 is 17.9 Å². The third-order valence-electron chi connectivity index (χ3n) is 3.06. The summed E-state index contributed by atoms with van der Waals surface area (Å²) < 4.78 is 15.1. The topological polar surface area (TPSA) is 77.1 Å². The van der Waals surface area contributed by atoms with Crippen LogP contribution in [-0.4, -0.2) is 32.0 Å². The molecule has 0 radical (unpaired) electrons. The summed E-state index contributed by atoms with van der Waals surface area (Å²) in [5.74, 6) is 0.546. The second-order valence-corrected chi connectivity index (χ2v) is 5.21. The van der Waals surface area contributed by atoms with Gasteiger partial charge in [-0.2, -0.15) is 5.01 Å². The molecule has 0 atom stereocenters. The molecule has 7 heteroatoms. The Morgan fingerprint density at radius 3 is 2.62 bits per heavy atom. The van der Waals surface area contributed by atoms with Gasteiger partial charge in [-0.15, -0.1) is 0 Å². The maximum Gasteiger partial charge on any atom is 0.433 e. The number of nitrogens with one attached hydrogen (secondary N) is 1. The van der Waals surface area contributed by atoms with Crippen molar-refractivity contribution in [2.45, 2.75) is 25.9 Å². The molecule has 1 heterocycles. The van der Waals surface area contributed by atoms with Crippen LogP contribution in [0.3, 0.4) is 0 Å². The zero-order valence-corrected chi connectivity index (χ0v) is 12.4. The van der Waals surface area contributed by atoms with Crippen LogP contribution in [0.25, 0.3) is 0 Å². The van der Waals surface area contributed by atoms with Gasteiger partial charge in [-0.3, -0.25) is 0 Å². The fourth-order valence-electron chi connectivity index (χ4n) is 2.21. The van der Waals surface area contributed by atoms with E-state index in [1.165, 1.54) is 14.2 Å². The molecule has 0 aliphatic carbocycles. The number of hydrazine groups is 1. The molecule has 1 N–H and O–H groups in total. The third kappa shape index (κ3) is 3.01. The molecule has 2 amide bonds. The molecule has 0 bridgehead atoms. The average molecular weight is 294 g/mol. The Hall–Kier alpha value is -2.44. The van der Waals surface area contributed by atoms with E-state index in [0.717, 1.165) is 10.6 Å². The highest BCUT2D eigenvalue weighted by Crippen LogP contribution is 2.41. The average Bonchev–Trinajstić information content (AvgIpc) is 2.77. The molecule has 1 aliphatic rings. The number of rotatable bonds is 1. The zero-order chi connectivity index (χ0) is 15.6. The number of fused-ring (bicyclic) bond motifs is 1. The van der Waals surface area contributed by atoms with Crippen LogP contribution in [0.5, 0.6) is 5.75 Å². The van der Waals surface area contributed by atoms with Crippen molar-refractivity contribution in [1.29, 1.82) is 0 Å². The molecule has 1 aliphatic heterocycles. The van der Waals surface area contributed by atoms with Crippen molar-refractivity contribution < 1.29 is 23.8 Å². The van der Waals surface area contributed by atoms with Crippen LogP contribution >= 0.6 is 0 Å². The maximum atomic E-state index is 11.9. The van der Waals surface area contributed by atoms with Crippen molar-refractivity contribution in [3.05, 3.63) is 23.8 Å². The highest BCUT2D eigenvalue weighted by molar-refractivity contribution is 5.92. The molecule has 0 saturated carbocycles. The molecule has 0 spiro atoms. The number of amides is 2. The summed E-state index contributed by atoms with van der Waals surface area (Å²) in [6.07, 6.45) is -0.818. The van der Waals surface area contributed by atoms with Crippen molar-refractivity contribution in [3.63, 3.8) is 0 Å². The van der Waals surface area contributed by atoms with E-state index in [1.54, 1.807) is 12.1 Å². The molecule has 0 fully saturated rings. The van der Waals surface area contributed by atoms with Gasteiger partial charge in [0.1, 0.15) is 17.0 Å². The molecule has 114 valence electrons. The molecule has 7 nitrogen and oxygen atoms in total. The first kappa shape index (κ1) is 15.0. The summed E-state index contributed by atoms with van der Waals surface area (Å²) in [6.45, 7) is 3.90. The molecule has 0 unspecified atom stereocenters. The number of carbonyl (C=O) groups excluding carboxylic acids is 2. The lowest BCUT2D eigenvalue weighted by molar-refractivity contribution is 0.137. The number of hydrogen-bond donors (Lipinski definition) is 1. The van der Waals surface area contributed by atoms with Crippen LogP contribution in [0.15, 0.2) is 18.2 Å². The number of nitrogens with zero attached hydrogens (tertiary/aromatic N) is 1. The quantitative estimate of drug-likeness (QED) is 0.804. The van der Waals surface area contributed by atoms with E-state index in [1.807, 2.05) is 19.9 Å². The van der Waals surface area contributed by atoms with Crippen LogP contribution in [0, 0.1) is 0 Å². The van der Waals surface area contributed by atoms with Gasteiger partial charge in [0.25, 0.3) is 0 Å². The van der Waals surface area contributed by atoms with Crippen LogP contribution < -0.4 is 15.2 Å². The Labute approximate surface area is 122 Å². The van der Waals surface area contributed by atoms with Gasteiger partial charge in [0.2, 0.25) is 0 Å². The van der Waals surface area contributed by atoms with E-state index in [2.05, 4.69) is 14.9 Å². The van der Waals surface area contributed by atoms with Crippen LogP contribution in [0.2, 0.25) is 0 Å². The smallest absolute Gasteiger partial charge is 0.433 e. The molecule has 21 heavy (non-hydrogen) atoms. The second kappa shape index (κ2) is 5.51. The predicted octanol–water partition coefficient (Wildman–Crippen LogP) is 2.24. The summed E-state index contributed by atoms with van der Waals surface area (Å²) in [5, 5.41) is 0.964. The van der Waals surface area contributed by atoms with Crippen molar-refractivity contribution in [2.75, 3.05) is 19.2 Å². The Bertz CT molecular complexity index is 570. The molecule has 0 aromatic heterocycles. The summed E-state index contributed by atoms with van der Waals surface area (Å²) in [4.78, 5) is 23.3. The van der Waals surface area contributed by atoms with Crippen molar-refractivity contribution in [1.82, 2.24) is 5.43 Å². The number of anilines is 1. The van der Waals surface area contributed by atoms with Gasteiger partial charge in [0.15, 0.2) is 0 Å². The zero-order valence-electron chi connectivity index (χ0n) is 12.4. The molecular weight excluding hydrogens is 276 g/mol. The largest absolute Gasteiger partial charge is 0.485 e. The number of para-hydroxylation sites is 1. The first-order valence-corrected chi connectivity index (χ1v) is 6.41. The minimum absolute atomic E-state index is 0.370. The molecular formula is C14H18N2O5. The van der Waals surface area contributed by atoms with E-state index >= 15 is 0 Å². The van der Waals surface area contributed by atoms with Crippen molar-refractivity contribution in [2.24, 2.45) is 0 Å². The predicted molar refractivity (Wildman–Crippen MR) is 75.3 cm³/mol. The molecule has 1 aromatic rings. The number of methoxy groups -OCH3 is 2. The summed E-state index contributed by atoms with van der Waals surface area (Å²) in [7, 11) is 2.43. The number of ether oxygens (including phenoxy) is 3. The van der Waals surface area contributed by atoms with Gasteiger partial charge >= 0.3 is 12.2 Å². The van der Waals surface area contributed by atoms with E-state index in [0.29, 0.717) is 17.9 Å². The van der Waals surface area contributed by atoms with Crippen LogP contribution in [0.4, 0.5) is 15.3 Å². The van der Waals surface area contributed by atoms with Gasteiger partial charge < -0.3 is 14.2 Å². The SMILES string of the molecule is COC(=O)NN(C(=O)OC)c1cccc2c1OC(C)(C)C2. The van der Waals surface area contributed by atoms with Gasteiger partial charge in [-0.05, 0) is 19.9 Å². The Morgan fingerprint density at radius 1 is 1.29 bits per heavy atom. The first-order valence-electron chi connectivity index (χ1n) is 6.41. The third-order valence-corrected chi connectivity index (χ3v) is 3.06. The number of carbonyl (C=O) groups is 2. The highest BCUT2D eigenvalue weighted by Gasteiger charge is 2.34. The molecule has 1 aromatic carbocycles. The Kier molecular flexibility index (Phi) is 3.93. The summed E-state index contributed by atoms with van der Waals surface area (Å²) >= 11 is 0. The van der Waals surface area contributed by atoms with Crippen molar-refractivity contribution in [3.8, 4) is 5.75 Å². The Morgan fingerprint density at radius 2 is 2.00 bits per heavy atom. The summed E-state index contributed by atoms with van der Waals surface area (Å²) in [6, 6.07) is 5.36. The van der Waals surface area contributed by atoms with Crippen LogP contribution in [-0.2, 0) is 15.9 Å². The second-order valence-electron chi connectivity index (χ2n) is 5.21. The monoisotopic (exact) mass is 294 g/mol. The lowest BCUT2D eigenvalue weighted by Crippen LogP contribution is -2.46. The van der Waals surface area contributed by atoms with Gasteiger partial charge in [0, 0.05) is 12.0 Å². The van der Waals surface area contributed by atoms with Gasteiger partial charge in [0.05, 0.1) is 14.2 Å². The fourth-order valence-corrected chi connectivity index (χ4v) is 2.21. The number of hydrogen-bond acceptors (Lipinski definition) is 5. The van der Waals surface area contributed by atoms with Crippen LogP contribution in [0.1, 0.15) is 19.4 Å². The van der Waals surface area contributed by atoms with E-state index in [4.69, 9.17) is 4.74 Å². The van der Waals surface area contributed by atoms with E-state index in [9.17, 15) is 9.59 Å². The maximum absolute atomic E-state index is 11.9. The molecule has 0 saturated heterocycles. The lowest BCUT2D eigenvalue weighted by Gasteiger charge is -2.24. The standard InChI is InChI=1S/C14H18N2O5/c1-14(2)8-9-6-5-7-10(11(9)21-14)16(13(18)20-4)15-12(17)19-3/h5-7H,8H2,1-4H3,(H,15,17). The van der Waals surface area contributed by atoms with E-state index in [-0.39, 0.29) is 5.60 Å². The minimum Gasteiger partial charge on any atom is -0.485 e. The number of benzene rings is 1. The normalized spacial score (nSPS) is 14.7. The van der Waals surface area contributed by atoms with Gasteiger partial charge in [-0.1, -0.05) is 12.1 Å². The minimum atomic E-state index is -0.782. The molecule has 2 rings (SSSR count).